The molecule has 2 aliphatic rings. The topological polar surface area (TPSA) is 100 Å². The predicted octanol–water partition coefficient (Wildman–Crippen LogP) is 3.09. The van der Waals surface area contributed by atoms with Crippen LogP contribution in [0.2, 0.25) is 0 Å². The number of amides is 1. The first kappa shape index (κ1) is 20.0. The molecule has 1 saturated heterocycles. The third kappa shape index (κ3) is 3.28. The number of anilines is 1. The predicted molar refractivity (Wildman–Crippen MR) is 120 cm³/mol. The number of carbonyl (C=O) groups excluding carboxylic acids is 1. The van der Waals surface area contributed by atoms with Gasteiger partial charge in [-0.1, -0.05) is 0 Å². The molecule has 0 bridgehead atoms. The van der Waals surface area contributed by atoms with Crippen LogP contribution in [0.4, 0.5) is 10.3 Å². The zero-order valence-electron chi connectivity index (χ0n) is 18.4. The average molecular weight is 449 g/mol. The van der Waals surface area contributed by atoms with Gasteiger partial charge < -0.3 is 19.9 Å². The number of nitrogens with zero attached hydrogens (tertiary/aromatic N) is 5. The Morgan fingerprint density at radius 2 is 2.03 bits per heavy atom. The van der Waals surface area contributed by atoms with E-state index in [1.165, 1.54) is 10.6 Å². The lowest BCUT2D eigenvalue weighted by Crippen LogP contribution is -2.29. The van der Waals surface area contributed by atoms with Crippen LogP contribution < -0.4 is 10.1 Å². The molecule has 0 spiro atoms. The van der Waals surface area contributed by atoms with Gasteiger partial charge in [-0.25, -0.2) is 4.98 Å². The van der Waals surface area contributed by atoms with Crippen LogP contribution in [-0.4, -0.2) is 61.4 Å². The van der Waals surface area contributed by atoms with Gasteiger partial charge in [-0.3, -0.25) is 9.20 Å². The molecule has 33 heavy (non-hydrogen) atoms. The summed E-state index contributed by atoms with van der Waals surface area (Å²) in [7, 11) is 1.58. The number of methoxy groups -OCH3 is 1. The molecule has 4 aromatic heterocycles. The number of halogens is 1. The first-order chi connectivity index (χ1) is 16.0. The van der Waals surface area contributed by atoms with Crippen LogP contribution >= 0.6 is 0 Å². The van der Waals surface area contributed by atoms with E-state index in [2.05, 4.69) is 25.3 Å². The lowest BCUT2D eigenvalue weighted by Gasteiger charge is -2.18. The summed E-state index contributed by atoms with van der Waals surface area (Å²) >= 11 is 0. The van der Waals surface area contributed by atoms with Crippen LogP contribution in [0.3, 0.4) is 0 Å². The van der Waals surface area contributed by atoms with E-state index in [1.54, 1.807) is 26.3 Å². The molecule has 6 rings (SSSR count). The maximum absolute atomic E-state index is 14.0. The Morgan fingerprint density at radius 3 is 2.76 bits per heavy atom. The normalized spacial score (nSPS) is 22.3. The molecule has 5 heterocycles. The van der Waals surface area contributed by atoms with Crippen molar-refractivity contribution in [1.82, 2.24) is 29.2 Å². The molecule has 0 radical (unpaired) electrons. The monoisotopic (exact) mass is 449 g/mol. The number of H-pyrrole nitrogens is 1. The summed E-state index contributed by atoms with van der Waals surface area (Å²) in [5.74, 6) is 1.74. The van der Waals surface area contributed by atoms with Crippen molar-refractivity contribution in [2.45, 2.75) is 25.8 Å². The number of pyridine rings is 1. The van der Waals surface area contributed by atoms with Gasteiger partial charge >= 0.3 is 0 Å². The average Bonchev–Trinajstić information content (AvgIpc) is 3.56. The van der Waals surface area contributed by atoms with Gasteiger partial charge in [-0.2, -0.15) is 14.4 Å². The van der Waals surface area contributed by atoms with Gasteiger partial charge in [0.25, 0.3) is 0 Å². The van der Waals surface area contributed by atoms with Crippen LogP contribution in [0.25, 0.3) is 27.8 Å². The van der Waals surface area contributed by atoms with Crippen molar-refractivity contribution in [2.75, 3.05) is 25.5 Å². The molecule has 2 N–H and O–H groups in total. The number of hydrogen-bond acceptors (Lipinski definition) is 6. The van der Waals surface area contributed by atoms with Gasteiger partial charge in [0.15, 0.2) is 0 Å². The minimum Gasteiger partial charge on any atom is -0.480 e. The first-order valence-electron chi connectivity index (χ1n) is 11.1. The molecular weight excluding hydrogens is 425 g/mol. The smallest absolute Gasteiger partial charge is 0.228 e. The van der Waals surface area contributed by atoms with Gasteiger partial charge in [0.1, 0.15) is 11.3 Å². The Morgan fingerprint density at radius 1 is 1.24 bits per heavy atom. The summed E-state index contributed by atoms with van der Waals surface area (Å²) in [5.41, 5.74) is 2.81. The molecule has 170 valence electrons. The number of imidazole rings is 1. The highest BCUT2D eigenvalue weighted by molar-refractivity contribution is 5.97. The summed E-state index contributed by atoms with van der Waals surface area (Å²) in [6.07, 6.45) is 6.71. The Bertz CT molecular complexity index is 1370. The minimum absolute atomic E-state index is 0.157. The number of likely N-dealkylation sites (tertiary alicyclic amines) is 1. The van der Waals surface area contributed by atoms with Gasteiger partial charge in [-0.15, -0.1) is 0 Å². The Hall–Kier alpha value is -3.69. The van der Waals surface area contributed by atoms with Gasteiger partial charge in [0.2, 0.25) is 23.7 Å². The van der Waals surface area contributed by atoms with Crippen LogP contribution in [0, 0.1) is 17.8 Å². The highest BCUT2D eigenvalue weighted by Crippen LogP contribution is 2.40. The van der Waals surface area contributed by atoms with E-state index < -0.39 is 5.95 Å². The first-order valence-corrected chi connectivity index (χ1v) is 11.1. The molecular formula is C23H24FN7O2. The lowest BCUT2D eigenvalue weighted by atomic mass is 10.0. The number of carbonyl (C=O) groups is 1. The molecule has 4 aromatic rings. The van der Waals surface area contributed by atoms with E-state index >= 15 is 0 Å². The van der Waals surface area contributed by atoms with E-state index in [-0.39, 0.29) is 11.9 Å². The molecule has 1 unspecified atom stereocenters. The third-order valence-electron chi connectivity index (χ3n) is 6.99. The molecule has 1 amide bonds. The Balaban J connectivity index is 1.28. The molecule has 1 aliphatic heterocycles. The second-order valence-corrected chi connectivity index (χ2v) is 8.97. The highest BCUT2D eigenvalue weighted by atomic mass is 19.1. The van der Waals surface area contributed by atoms with Crippen molar-refractivity contribution in [2.24, 2.45) is 11.8 Å². The fourth-order valence-electron chi connectivity index (χ4n) is 5.41. The number of nitrogens with one attached hydrogen (secondary N) is 2. The van der Waals surface area contributed by atoms with Gasteiger partial charge in [0, 0.05) is 49.6 Å². The maximum atomic E-state index is 14.0. The van der Waals surface area contributed by atoms with Crippen LogP contribution in [0.5, 0.6) is 5.88 Å². The van der Waals surface area contributed by atoms with E-state index in [9.17, 15) is 9.18 Å². The zero-order chi connectivity index (χ0) is 22.7. The molecule has 9 nitrogen and oxygen atoms in total. The standard InChI is InChI=1S/C23H24FN7O2/c1-12(32)30-9-14-5-16(6-15(14)10-30)27-23-28-21-20(22(29-23)33-2)17(7-26-21)13-3-4-19-25-8-18(24)31(19)11-13/h3-4,7-8,11,14-16H,5-6,9-10H2,1-2H3,(H2,26,27,28,29)/t14-,15+,16?. The molecule has 3 atom stereocenters. The fraction of sp³-hybridized carbons (Fsp3) is 0.391. The lowest BCUT2D eigenvalue weighted by molar-refractivity contribution is -0.128. The summed E-state index contributed by atoms with van der Waals surface area (Å²) < 4.78 is 21.1. The summed E-state index contributed by atoms with van der Waals surface area (Å²) in [4.78, 5) is 30.2. The van der Waals surface area contributed by atoms with Crippen LogP contribution in [-0.2, 0) is 4.79 Å². The Labute approximate surface area is 189 Å². The number of ether oxygens (including phenoxy) is 1. The van der Waals surface area contributed by atoms with E-state index in [0.29, 0.717) is 35.0 Å². The zero-order valence-corrected chi connectivity index (χ0v) is 18.4. The third-order valence-corrected chi connectivity index (χ3v) is 6.99. The van der Waals surface area contributed by atoms with Crippen LogP contribution in [0.15, 0.2) is 30.7 Å². The van der Waals surface area contributed by atoms with E-state index in [4.69, 9.17) is 4.74 Å². The largest absolute Gasteiger partial charge is 0.480 e. The number of fused-ring (bicyclic) bond motifs is 3. The van der Waals surface area contributed by atoms with Crippen molar-refractivity contribution in [1.29, 1.82) is 0 Å². The molecule has 0 aromatic carbocycles. The minimum atomic E-state index is -0.422. The Kier molecular flexibility index (Phi) is 4.49. The summed E-state index contributed by atoms with van der Waals surface area (Å²) in [6.45, 7) is 3.31. The number of hydrogen-bond donors (Lipinski definition) is 2. The van der Waals surface area contributed by atoms with E-state index in [1.807, 2.05) is 17.2 Å². The van der Waals surface area contributed by atoms with Crippen molar-refractivity contribution < 1.29 is 13.9 Å². The number of aromatic amines is 1. The quantitative estimate of drug-likeness (QED) is 0.497. The van der Waals surface area contributed by atoms with Crippen molar-refractivity contribution in [3.63, 3.8) is 0 Å². The SMILES string of the molecule is COc1nc(NC2C[C@@H]3CN(C(C)=O)C[C@@H]3C2)nc2[nH]cc(-c3ccc4ncc(F)n4c3)c12. The second-order valence-electron chi connectivity index (χ2n) is 8.97. The van der Waals surface area contributed by atoms with Crippen molar-refractivity contribution in [3.05, 3.63) is 36.7 Å². The fourth-order valence-corrected chi connectivity index (χ4v) is 5.41. The maximum Gasteiger partial charge on any atom is 0.228 e. The number of rotatable bonds is 4. The van der Waals surface area contributed by atoms with Gasteiger partial charge in [0.05, 0.1) is 18.7 Å². The highest BCUT2D eigenvalue weighted by Gasteiger charge is 2.41. The van der Waals surface area contributed by atoms with Crippen LogP contribution in [0.1, 0.15) is 19.8 Å². The van der Waals surface area contributed by atoms with Crippen molar-refractivity contribution >= 4 is 28.5 Å². The summed E-state index contributed by atoms with van der Waals surface area (Å²) in [5, 5.41) is 4.21. The molecule has 2 fully saturated rings. The van der Waals surface area contributed by atoms with E-state index in [0.717, 1.165) is 42.4 Å². The second kappa shape index (κ2) is 7.43. The number of aromatic nitrogens is 5. The molecule has 1 saturated carbocycles. The molecule has 10 heteroatoms. The summed E-state index contributed by atoms with van der Waals surface area (Å²) in [6, 6.07) is 3.92. The molecule has 1 aliphatic carbocycles. The van der Waals surface area contributed by atoms with Gasteiger partial charge in [-0.05, 0) is 36.8 Å². The van der Waals surface area contributed by atoms with Crippen molar-refractivity contribution in [3.8, 4) is 17.0 Å².